The second-order valence-electron chi connectivity index (χ2n) is 9.92. The molecule has 2 atom stereocenters. The van der Waals surface area contributed by atoms with Gasteiger partial charge in [0, 0.05) is 23.4 Å². The van der Waals surface area contributed by atoms with Gasteiger partial charge >= 0.3 is 11.9 Å². The van der Waals surface area contributed by atoms with E-state index in [0.717, 1.165) is 6.07 Å². The Labute approximate surface area is 250 Å². The van der Waals surface area contributed by atoms with Gasteiger partial charge in [0.25, 0.3) is 0 Å². The first-order chi connectivity index (χ1) is 20.0. The number of hydrogen-bond donors (Lipinski definition) is 4. The van der Waals surface area contributed by atoms with Crippen molar-refractivity contribution in [2.24, 2.45) is 5.92 Å². The first-order valence-electron chi connectivity index (χ1n) is 12.9. The molecule has 1 aliphatic heterocycles. The van der Waals surface area contributed by atoms with Crippen LogP contribution < -0.4 is 15.5 Å². The fourth-order valence-electron chi connectivity index (χ4n) is 4.64. The number of carboxylic acids is 2. The van der Waals surface area contributed by atoms with Gasteiger partial charge in [-0.3, -0.25) is 9.78 Å². The van der Waals surface area contributed by atoms with Crippen molar-refractivity contribution < 1.29 is 29.0 Å². The van der Waals surface area contributed by atoms with Crippen molar-refractivity contribution >= 4 is 58.2 Å². The van der Waals surface area contributed by atoms with Crippen LogP contribution >= 0.6 is 23.8 Å². The number of carbonyl (C=O) groups excluding carboxylic acids is 1. The fourth-order valence-corrected chi connectivity index (χ4v) is 5.21. The second-order valence-corrected chi connectivity index (χ2v) is 10.7. The number of hydrogen-bond acceptors (Lipinski definition) is 6. The van der Waals surface area contributed by atoms with Crippen LogP contribution in [0.2, 0.25) is 5.02 Å². The Morgan fingerprint density at radius 1 is 1.02 bits per heavy atom. The van der Waals surface area contributed by atoms with Crippen LogP contribution in [0.1, 0.15) is 58.1 Å². The number of benzene rings is 2. The molecule has 10 nitrogen and oxygen atoms in total. The number of thiocarbonyl (C=S) groups is 1. The molecular formula is C30H25ClN4O6S. The Morgan fingerprint density at radius 3 is 2.33 bits per heavy atom. The predicted octanol–water partition coefficient (Wildman–Crippen LogP) is 6.16. The fraction of sp³-hybridized carbons (Fsp3) is 0.167. The molecule has 42 heavy (non-hydrogen) atoms. The number of rotatable bonds is 8. The van der Waals surface area contributed by atoms with Gasteiger partial charge in [-0.15, -0.1) is 0 Å². The smallest absolute Gasteiger partial charge is 0.335 e. The Hall–Kier alpha value is -4.74. The van der Waals surface area contributed by atoms with Gasteiger partial charge in [-0.05, 0) is 72.9 Å². The molecule has 5 rings (SSSR count). The minimum atomic E-state index is -1.26. The Morgan fingerprint density at radius 2 is 1.74 bits per heavy atom. The van der Waals surface area contributed by atoms with Crippen molar-refractivity contribution in [1.29, 1.82) is 0 Å². The summed E-state index contributed by atoms with van der Waals surface area (Å²) in [5.41, 5.74) is 1.71. The van der Waals surface area contributed by atoms with E-state index in [0.29, 0.717) is 38.5 Å². The third-order valence-corrected chi connectivity index (χ3v) is 7.37. The van der Waals surface area contributed by atoms with Gasteiger partial charge in [0.2, 0.25) is 5.91 Å². The minimum absolute atomic E-state index is 0.169. The van der Waals surface area contributed by atoms with Gasteiger partial charge in [0.15, 0.2) is 5.11 Å². The second kappa shape index (κ2) is 11.6. The zero-order valence-electron chi connectivity index (χ0n) is 22.4. The van der Waals surface area contributed by atoms with E-state index in [1.54, 1.807) is 56.4 Å². The lowest BCUT2D eigenvalue weighted by Gasteiger charge is -2.26. The van der Waals surface area contributed by atoms with Crippen molar-refractivity contribution in [3.05, 3.63) is 101 Å². The normalized spacial score (nSPS) is 16.4. The molecule has 0 aliphatic carbocycles. The molecule has 4 N–H and O–H groups in total. The predicted molar refractivity (Wildman–Crippen MR) is 161 cm³/mol. The Balaban J connectivity index is 1.58. The maximum atomic E-state index is 12.2. The minimum Gasteiger partial charge on any atom is -0.478 e. The highest BCUT2D eigenvalue weighted by molar-refractivity contribution is 7.80. The molecule has 1 fully saturated rings. The molecule has 0 saturated carbocycles. The van der Waals surface area contributed by atoms with E-state index in [9.17, 15) is 24.6 Å². The number of pyridine rings is 1. The summed E-state index contributed by atoms with van der Waals surface area (Å²) >= 11 is 12.3. The Bertz CT molecular complexity index is 1670. The average molecular weight is 605 g/mol. The molecule has 0 unspecified atom stereocenters. The number of furan rings is 1. The van der Waals surface area contributed by atoms with Crippen molar-refractivity contribution in [2.75, 3.05) is 10.2 Å². The Kier molecular flexibility index (Phi) is 7.97. The van der Waals surface area contributed by atoms with Crippen LogP contribution in [0.15, 0.2) is 77.3 Å². The highest BCUT2D eigenvalue weighted by atomic mass is 35.5. The number of anilines is 2. The monoisotopic (exact) mass is 604 g/mol. The standard InChI is InChI=1S/C30H25ClN4O6S/c1-15(2)27(36)33-21-7-6-19(14-20(21)31)35-26(25(34-30(35)42)22-5-3-4-10-32-22)24-9-8-23(41-24)16-11-17(28(37)38)13-18(12-16)29(39)40/h3-15,25-26H,1-2H3,(H,33,36)(H,34,42)(H,37,38)(H,39,40)/t25-,26+/m1/s1. The molecule has 0 bridgehead atoms. The molecule has 214 valence electrons. The maximum absolute atomic E-state index is 12.2. The molecule has 4 aromatic rings. The summed E-state index contributed by atoms with van der Waals surface area (Å²) in [6.45, 7) is 3.57. The first kappa shape index (κ1) is 28.8. The van der Waals surface area contributed by atoms with Crippen LogP contribution in [-0.2, 0) is 4.79 Å². The molecule has 1 saturated heterocycles. The zero-order chi connectivity index (χ0) is 30.1. The van der Waals surface area contributed by atoms with Gasteiger partial charge in [-0.1, -0.05) is 31.5 Å². The van der Waals surface area contributed by atoms with Crippen LogP contribution in [-0.4, -0.2) is 38.2 Å². The van der Waals surface area contributed by atoms with E-state index in [-0.39, 0.29) is 28.7 Å². The molecule has 12 heteroatoms. The third-order valence-electron chi connectivity index (χ3n) is 6.74. The number of nitrogens with zero attached hydrogens (tertiary/aromatic N) is 2. The number of aromatic nitrogens is 1. The molecule has 2 aromatic carbocycles. The van der Waals surface area contributed by atoms with Crippen LogP contribution in [0.25, 0.3) is 11.3 Å². The number of amides is 1. The topological polar surface area (TPSA) is 145 Å². The van der Waals surface area contributed by atoms with Crippen LogP contribution in [0, 0.1) is 5.92 Å². The van der Waals surface area contributed by atoms with Crippen LogP contribution in [0.4, 0.5) is 11.4 Å². The van der Waals surface area contributed by atoms with E-state index < -0.39 is 24.0 Å². The first-order valence-corrected chi connectivity index (χ1v) is 13.6. The quantitative estimate of drug-likeness (QED) is 0.172. The van der Waals surface area contributed by atoms with Gasteiger partial charge in [-0.25, -0.2) is 9.59 Å². The van der Waals surface area contributed by atoms with E-state index in [1.165, 1.54) is 12.1 Å². The summed E-state index contributed by atoms with van der Waals surface area (Å²) in [4.78, 5) is 41.9. The SMILES string of the molecule is CC(C)C(=O)Nc1ccc(N2C(=S)N[C@H](c3ccccn3)[C@@H]2c2ccc(-c3cc(C(=O)O)cc(C(=O)O)c3)o2)cc1Cl. The molecule has 2 aromatic heterocycles. The summed E-state index contributed by atoms with van der Waals surface area (Å²) in [5, 5.41) is 25.8. The zero-order valence-corrected chi connectivity index (χ0v) is 23.9. The summed E-state index contributed by atoms with van der Waals surface area (Å²) in [5.74, 6) is -2.19. The number of carbonyl (C=O) groups is 3. The molecule has 1 amide bonds. The largest absolute Gasteiger partial charge is 0.478 e. The summed E-state index contributed by atoms with van der Waals surface area (Å²) < 4.78 is 6.26. The lowest BCUT2D eigenvalue weighted by molar-refractivity contribution is -0.118. The van der Waals surface area contributed by atoms with Gasteiger partial charge in [0.05, 0.1) is 33.6 Å². The van der Waals surface area contributed by atoms with Crippen LogP contribution in [0.5, 0.6) is 0 Å². The van der Waals surface area contributed by atoms with E-state index in [2.05, 4.69) is 15.6 Å². The average Bonchev–Trinajstić information content (AvgIpc) is 3.59. The summed E-state index contributed by atoms with van der Waals surface area (Å²) in [6, 6.07) is 16.8. The van der Waals surface area contributed by atoms with Gasteiger partial charge < -0.3 is 30.2 Å². The summed E-state index contributed by atoms with van der Waals surface area (Å²) in [6.07, 6.45) is 1.67. The van der Waals surface area contributed by atoms with Crippen molar-refractivity contribution in [1.82, 2.24) is 10.3 Å². The van der Waals surface area contributed by atoms with Crippen molar-refractivity contribution in [3.8, 4) is 11.3 Å². The number of nitrogens with one attached hydrogen (secondary N) is 2. The van der Waals surface area contributed by atoms with Gasteiger partial charge in [-0.2, -0.15) is 0 Å². The lowest BCUT2D eigenvalue weighted by Crippen LogP contribution is -2.29. The molecule has 0 radical (unpaired) electrons. The lowest BCUT2D eigenvalue weighted by atomic mass is 10.0. The van der Waals surface area contributed by atoms with Gasteiger partial charge in [0.1, 0.15) is 17.6 Å². The highest BCUT2D eigenvalue weighted by Gasteiger charge is 2.42. The van der Waals surface area contributed by atoms with E-state index in [4.69, 9.17) is 28.2 Å². The van der Waals surface area contributed by atoms with E-state index in [1.807, 2.05) is 17.0 Å². The van der Waals surface area contributed by atoms with Crippen LogP contribution in [0.3, 0.4) is 0 Å². The van der Waals surface area contributed by atoms with Crippen molar-refractivity contribution in [2.45, 2.75) is 25.9 Å². The number of aromatic carboxylic acids is 2. The number of carboxylic acid groups (broad SMARTS) is 2. The summed E-state index contributed by atoms with van der Waals surface area (Å²) in [7, 11) is 0. The molecular weight excluding hydrogens is 580 g/mol. The molecule has 3 heterocycles. The number of halogens is 1. The third kappa shape index (κ3) is 5.69. The highest BCUT2D eigenvalue weighted by Crippen LogP contribution is 2.44. The molecule has 1 aliphatic rings. The van der Waals surface area contributed by atoms with Crippen molar-refractivity contribution in [3.63, 3.8) is 0 Å². The maximum Gasteiger partial charge on any atom is 0.335 e. The molecule has 0 spiro atoms. The van der Waals surface area contributed by atoms with E-state index >= 15 is 0 Å².